The minimum absolute atomic E-state index is 0.148. The molecule has 0 aliphatic heterocycles. The van der Waals surface area contributed by atoms with Crippen molar-refractivity contribution in [3.8, 4) is 0 Å². The number of carbonyl (C=O) groups is 2. The number of nitrogens with one attached hydrogen (secondary N) is 3. The summed E-state index contributed by atoms with van der Waals surface area (Å²) in [5.41, 5.74) is 2.40. The van der Waals surface area contributed by atoms with Gasteiger partial charge in [-0.2, -0.15) is 0 Å². The van der Waals surface area contributed by atoms with Crippen LogP contribution in [0.1, 0.15) is 19.4 Å². The van der Waals surface area contributed by atoms with E-state index in [1.165, 1.54) is 24.3 Å². The Kier molecular flexibility index (Phi) is 6.86. The smallest absolute Gasteiger partial charge is 0.282 e. The molecule has 26 heavy (non-hydrogen) atoms. The van der Waals surface area contributed by atoms with Crippen LogP contribution in [-0.2, 0) is 16.0 Å². The van der Waals surface area contributed by atoms with Gasteiger partial charge in [0.1, 0.15) is 5.82 Å². The molecule has 0 aliphatic rings. The topological polar surface area (TPSA) is 62.6 Å². The summed E-state index contributed by atoms with van der Waals surface area (Å²) in [7, 11) is 1.79. The molecule has 2 aromatic carbocycles. The maximum absolute atomic E-state index is 12.9. The molecule has 138 valence electrons. The summed E-state index contributed by atoms with van der Waals surface area (Å²) >= 11 is 0. The van der Waals surface area contributed by atoms with Crippen LogP contribution in [0, 0.1) is 5.82 Å². The first kappa shape index (κ1) is 19.6. The molecule has 0 aliphatic carbocycles. The third kappa shape index (κ3) is 5.39. The molecule has 0 aromatic heterocycles. The highest BCUT2D eigenvalue weighted by Gasteiger charge is 2.24. The number of rotatable bonds is 7. The van der Waals surface area contributed by atoms with Gasteiger partial charge >= 0.3 is 0 Å². The largest absolute Gasteiger partial charge is 0.321 e. The summed E-state index contributed by atoms with van der Waals surface area (Å²) < 4.78 is 12.9. The molecule has 0 radical (unpaired) electrons. The van der Waals surface area contributed by atoms with E-state index in [1.54, 1.807) is 14.0 Å². The highest BCUT2D eigenvalue weighted by molar-refractivity contribution is 5.94. The van der Waals surface area contributed by atoms with Crippen molar-refractivity contribution in [1.82, 2.24) is 0 Å². The van der Waals surface area contributed by atoms with E-state index in [-0.39, 0.29) is 24.2 Å². The zero-order chi connectivity index (χ0) is 19.1. The van der Waals surface area contributed by atoms with Gasteiger partial charge < -0.3 is 15.5 Å². The predicted molar refractivity (Wildman–Crippen MR) is 101 cm³/mol. The standard InChI is InChI=1S/C20H24FN3O2/c1-4-15-7-5-6-8-18(15)23-19(25)13-24(3)14(2)20(26)22-17-11-9-16(21)10-12-17/h5-12,14H,4,13H2,1-3H3,(H,22,26)(H,23,25)/p+1/t14-/m1/s1. The second-order valence-electron chi connectivity index (χ2n) is 6.30. The fourth-order valence-corrected chi connectivity index (χ4v) is 2.56. The van der Waals surface area contributed by atoms with E-state index >= 15 is 0 Å². The van der Waals surface area contributed by atoms with Crippen molar-refractivity contribution in [1.29, 1.82) is 0 Å². The number of para-hydroxylation sites is 1. The summed E-state index contributed by atoms with van der Waals surface area (Å²) in [6.07, 6.45) is 0.829. The summed E-state index contributed by atoms with van der Waals surface area (Å²) in [5.74, 6) is -0.733. The maximum Gasteiger partial charge on any atom is 0.282 e. The van der Waals surface area contributed by atoms with Gasteiger partial charge in [0.25, 0.3) is 11.8 Å². The minimum atomic E-state index is -0.438. The van der Waals surface area contributed by atoms with Gasteiger partial charge in [-0.15, -0.1) is 0 Å². The molecule has 0 saturated heterocycles. The Bertz CT molecular complexity index is 762. The van der Waals surface area contributed by atoms with Crippen molar-refractivity contribution in [2.24, 2.45) is 0 Å². The van der Waals surface area contributed by atoms with E-state index in [9.17, 15) is 14.0 Å². The molecule has 5 nitrogen and oxygen atoms in total. The van der Waals surface area contributed by atoms with Crippen LogP contribution in [-0.4, -0.2) is 31.4 Å². The van der Waals surface area contributed by atoms with Crippen LogP contribution >= 0.6 is 0 Å². The first-order chi connectivity index (χ1) is 12.4. The number of quaternary nitrogens is 1. The zero-order valence-corrected chi connectivity index (χ0v) is 15.3. The number of aryl methyl sites for hydroxylation is 1. The molecular formula is C20H25FN3O2+. The normalized spacial score (nSPS) is 12.9. The lowest BCUT2D eigenvalue weighted by Crippen LogP contribution is -3.14. The maximum atomic E-state index is 12.9. The molecular weight excluding hydrogens is 333 g/mol. The summed E-state index contributed by atoms with van der Waals surface area (Å²) in [6.45, 7) is 3.95. The Balaban J connectivity index is 1.90. The average Bonchev–Trinajstić information content (AvgIpc) is 2.63. The van der Waals surface area contributed by atoms with Crippen LogP contribution in [0.4, 0.5) is 15.8 Å². The summed E-state index contributed by atoms with van der Waals surface area (Å²) in [5, 5.41) is 5.64. The number of hydrogen-bond donors (Lipinski definition) is 3. The first-order valence-corrected chi connectivity index (χ1v) is 8.67. The number of carbonyl (C=O) groups excluding carboxylic acids is 2. The summed E-state index contributed by atoms with van der Waals surface area (Å²) in [6, 6.07) is 12.8. The van der Waals surface area contributed by atoms with Gasteiger partial charge in [0, 0.05) is 11.4 Å². The molecule has 0 spiro atoms. The lowest BCUT2D eigenvalue weighted by Gasteiger charge is -2.21. The van der Waals surface area contributed by atoms with Crippen LogP contribution in [0.25, 0.3) is 0 Å². The molecule has 2 amide bonds. The Morgan fingerprint density at radius 3 is 2.38 bits per heavy atom. The second-order valence-corrected chi connectivity index (χ2v) is 6.30. The Morgan fingerprint density at radius 2 is 1.73 bits per heavy atom. The van der Waals surface area contributed by atoms with Gasteiger partial charge in [0.15, 0.2) is 12.6 Å². The summed E-state index contributed by atoms with van der Waals surface area (Å²) in [4.78, 5) is 25.4. The second kappa shape index (κ2) is 9.10. The third-order valence-corrected chi connectivity index (χ3v) is 4.36. The van der Waals surface area contributed by atoms with Crippen molar-refractivity contribution in [2.75, 3.05) is 24.2 Å². The van der Waals surface area contributed by atoms with E-state index < -0.39 is 6.04 Å². The lowest BCUT2D eigenvalue weighted by atomic mass is 10.1. The monoisotopic (exact) mass is 358 g/mol. The van der Waals surface area contributed by atoms with Crippen LogP contribution in [0.15, 0.2) is 48.5 Å². The van der Waals surface area contributed by atoms with Crippen molar-refractivity contribution in [2.45, 2.75) is 26.3 Å². The van der Waals surface area contributed by atoms with Crippen LogP contribution in [0.5, 0.6) is 0 Å². The Labute approximate surface area is 153 Å². The van der Waals surface area contributed by atoms with Gasteiger partial charge in [-0.25, -0.2) is 4.39 Å². The Morgan fingerprint density at radius 1 is 1.08 bits per heavy atom. The minimum Gasteiger partial charge on any atom is -0.321 e. The van der Waals surface area contributed by atoms with Crippen LogP contribution in [0.2, 0.25) is 0 Å². The molecule has 2 rings (SSSR count). The molecule has 2 aromatic rings. The lowest BCUT2D eigenvalue weighted by molar-refractivity contribution is -0.885. The van der Waals surface area contributed by atoms with Crippen molar-refractivity contribution in [3.63, 3.8) is 0 Å². The fourth-order valence-electron chi connectivity index (χ4n) is 2.56. The Hall–Kier alpha value is -2.73. The van der Waals surface area contributed by atoms with Crippen molar-refractivity contribution in [3.05, 3.63) is 59.9 Å². The van der Waals surface area contributed by atoms with Crippen molar-refractivity contribution >= 4 is 23.2 Å². The molecule has 0 saturated carbocycles. The zero-order valence-electron chi connectivity index (χ0n) is 15.3. The highest BCUT2D eigenvalue weighted by atomic mass is 19.1. The number of halogens is 1. The first-order valence-electron chi connectivity index (χ1n) is 8.67. The van der Waals surface area contributed by atoms with Crippen LogP contribution in [0.3, 0.4) is 0 Å². The number of benzene rings is 2. The molecule has 2 atom stereocenters. The van der Waals surface area contributed by atoms with E-state index in [1.807, 2.05) is 31.2 Å². The van der Waals surface area contributed by atoms with Gasteiger partial charge in [-0.1, -0.05) is 25.1 Å². The quantitative estimate of drug-likeness (QED) is 0.708. The number of anilines is 2. The van der Waals surface area contributed by atoms with Gasteiger partial charge in [-0.3, -0.25) is 9.59 Å². The SMILES string of the molecule is CCc1ccccc1NC(=O)C[NH+](C)[C@H](C)C(=O)Nc1ccc(F)cc1. The van der Waals surface area contributed by atoms with E-state index in [2.05, 4.69) is 10.6 Å². The predicted octanol–water partition coefficient (Wildman–Crippen LogP) is 1.87. The number of likely N-dealkylation sites (N-methyl/N-ethyl adjacent to an activating group) is 1. The van der Waals surface area contributed by atoms with E-state index in [0.29, 0.717) is 5.69 Å². The molecule has 0 heterocycles. The molecule has 0 fully saturated rings. The fraction of sp³-hybridized carbons (Fsp3) is 0.300. The average molecular weight is 358 g/mol. The highest BCUT2D eigenvalue weighted by Crippen LogP contribution is 2.14. The van der Waals surface area contributed by atoms with Crippen LogP contribution < -0.4 is 15.5 Å². The van der Waals surface area contributed by atoms with E-state index in [4.69, 9.17) is 0 Å². The molecule has 6 heteroatoms. The molecule has 1 unspecified atom stereocenters. The van der Waals surface area contributed by atoms with Gasteiger partial charge in [0.2, 0.25) is 0 Å². The molecule has 0 bridgehead atoms. The third-order valence-electron chi connectivity index (χ3n) is 4.36. The number of hydrogen-bond acceptors (Lipinski definition) is 2. The molecule has 3 N–H and O–H groups in total. The van der Waals surface area contributed by atoms with E-state index in [0.717, 1.165) is 22.6 Å². The van der Waals surface area contributed by atoms with Gasteiger partial charge in [-0.05, 0) is 49.2 Å². The van der Waals surface area contributed by atoms with Gasteiger partial charge in [0.05, 0.1) is 7.05 Å². The number of amides is 2. The van der Waals surface area contributed by atoms with Crippen molar-refractivity contribution < 1.29 is 18.9 Å².